The van der Waals surface area contributed by atoms with E-state index in [1.54, 1.807) is 0 Å². The fourth-order valence-corrected chi connectivity index (χ4v) is 3.63. The van der Waals surface area contributed by atoms with Gasteiger partial charge >= 0.3 is 0 Å². The summed E-state index contributed by atoms with van der Waals surface area (Å²) in [5, 5.41) is 7.62. The molecule has 1 heterocycles. The van der Waals surface area contributed by atoms with E-state index in [9.17, 15) is 0 Å². The normalized spacial score (nSPS) is 26.0. The fourth-order valence-electron chi connectivity index (χ4n) is 3.63. The molecular formula is C17H31N3O. The number of rotatable bonds is 6. The van der Waals surface area contributed by atoms with Gasteiger partial charge in [0.1, 0.15) is 0 Å². The third-order valence-corrected chi connectivity index (χ3v) is 5.24. The van der Waals surface area contributed by atoms with Crippen LogP contribution in [0.4, 0.5) is 0 Å². The Morgan fingerprint density at radius 3 is 2.38 bits per heavy atom. The van der Waals surface area contributed by atoms with E-state index in [4.69, 9.17) is 9.51 Å². The predicted molar refractivity (Wildman–Crippen MR) is 85.4 cm³/mol. The molecule has 0 amide bonds. The average molecular weight is 293 g/mol. The summed E-state index contributed by atoms with van der Waals surface area (Å²) in [5.74, 6) is 3.91. The third kappa shape index (κ3) is 3.85. The monoisotopic (exact) mass is 293 g/mol. The molecule has 0 aromatic carbocycles. The van der Waals surface area contributed by atoms with Gasteiger partial charge in [0.2, 0.25) is 5.89 Å². The van der Waals surface area contributed by atoms with Crippen molar-refractivity contribution in [1.29, 1.82) is 0 Å². The van der Waals surface area contributed by atoms with Crippen molar-refractivity contribution >= 4 is 0 Å². The minimum atomic E-state index is 0.281. The molecule has 0 bridgehead atoms. The van der Waals surface area contributed by atoms with E-state index in [1.165, 1.54) is 32.1 Å². The number of nitrogens with zero attached hydrogens (tertiary/aromatic N) is 2. The molecule has 120 valence electrons. The number of aromatic nitrogens is 2. The van der Waals surface area contributed by atoms with Gasteiger partial charge in [-0.3, -0.25) is 0 Å². The molecule has 0 radical (unpaired) electrons. The lowest BCUT2D eigenvalue weighted by atomic mass is 9.80. The van der Waals surface area contributed by atoms with Crippen LogP contribution < -0.4 is 5.32 Å². The Hall–Kier alpha value is -0.900. The van der Waals surface area contributed by atoms with Crippen LogP contribution >= 0.6 is 0 Å². The van der Waals surface area contributed by atoms with Gasteiger partial charge in [-0.2, -0.15) is 4.98 Å². The Labute approximate surface area is 129 Å². The highest BCUT2D eigenvalue weighted by Gasteiger charge is 2.30. The van der Waals surface area contributed by atoms with Crippen molar-refractivity contribution in [3.8, 4) is 0 Å². The van der Waals surface area contributed by atoms with Crippen LogP contribution in [-0.2, 0) is 0 Å². The molecule has 0 spiro atoms. The first kappa shape index (κ1) is 16.5. The lowest BCUT2D eigenvalue weighted by Crippen LogP contribution is -2.32. The van der Waals surface area contributed by atoms with E-state index < -0.39 is 0 Å². The van der Waals surface area contributed by atoms with E-state index in [1.807, 2.05) is 7.05 Å². The first-order valence-electron chi connectivity index (χ1n) is 8.57. The van der Waals surface area contributed by atoms with Crippen LogP contribution in [0.1, 0.15) is 83.3 Å². The summed E-state index contributed by atoms with van der Waals surface area (Å²) in [7, 11) is 1.99. The first-order chi connectivity index (χ1) is 10.1. The van der Waals surface area contributed by atoms with Gasteiger partial charge in [0.05, 0.1) is 5.92 Å². The summed E-state index contributed by atoms with van der Waals surface area (Å²) in [6, 6.07) is 0.342. The van der Waals surface area contributed by atoms with Gasteiger partial charge in [-0.1, -0.05) is 32.3 Å². The van der Waals surface area contributed by atoms with Gasteiger partial charge in [-0.15, -0.1) is 0 Å². The van der Waals surface area contributed by atoms with Gasteiger partial charge in [0.15, 0.2) is 5.82 Å². The minimum Gasteiger partial charge on any atom is -0.339 e. The van der Waals surface area contributed by atoms with E-state index in [0.717, 1.165) is 17.6 Å². The Morgan fingerprint density at radius 2 is 1.86 bits per heavy atom. The summed E-state index contributed by atoms with van der Waals surface area (Å²) in [6.07, 6.45) is 6.35. The van der Waals surface area contributed by atoms with Crippen molar-refractivity contribution in [3.05, 3.63) is 11.7 Å². The molecule has 4 nitrogen and oxygen atoms in total. The van der Waals surface area contributed by atoms with Gasteiger partial charge < -0.3 is 9.84 Å². The van der Waals surface area contributed by atoms with Crippen LogP contribution in [0.2, 0.25) is 0 Å². The van der Waals surface area contributed by atoms with Crippen LogP contribution in [0.5, 0.6) is 0 Å². The van der Waals surface area contributed by atoms with E-state index >= 15 is 0 Å². The number of hydrogen-bond donors (Lipinski definition) is 1. The molecule has 21 heavy (non-hydrogen) atoms. The maximum atomic E-state index is 5.62. The van der Waals surface area contributed by atoms with E-state index in [-0.39, 0.29) is 5.92 Å². The van der Waals surface area contributed by atoms with Crippen molar-refractivity contribution in [3.63, 3.8) is 0 Å². The van der Waals surface area contributed by atoms with Gasteiger partial charge in [-0.25, -0.2) is 0 Å². The van der Waals surface area contributed by atoms with Crippen LogP contribution in [0.3, 0.4) is 0 Å². The zero-order chi connectivity index (χ0) is 15.4. The van der Waals surface area contributed by atoms with Crippen molar-refractivity contribution in [2.45, 2.75) is 77.7 Å². The molecular weight excluding hydrogens is 262 g/mol. The molecule has 1 fully saturated rings. The highest BCUT2D eigenvalue weighted by molar-refractivity contribution is 5.03. The standard InChI is InChI=1S/C17H31N3O/c1-6-13-7-9-14(10-8-13)16-19-17(21-20-16)15(11(2)3)12(4)18-5/h11-15,18H,6-10H2,1-5H3. The Balaban J connectivity index is 2.06. The molecule has 2 unspecified atom stereocenters. The Bertz CT molecular complexity index is 421. The summed E-state index contributed by atoms with van der Waals surface area (Å²) < 4.78 is 5.62. The van der Waals surface area contributed by atoms with Gasteiger partial charge in [0.25, 0.3) is 0 Å². The molecule has 2 atom stereocenters. The maximum Gasteiger partial charge on any atom is 0.231 e. The van der Waals surface area contributed by atoms with Crippen molar-refractivity contribution in [2.24, 2.45) is 11.8 Å². The molecule has 0 aliphatic heterocycles. The second kappa shape index (κ2) is 7.39. The Morgan fingerprint density at radius 1 is 1.19 bits per heavy atom. The van der Waals surface area contributed by atoms with Crippen LogP contribution in [0.15, 0.2) is 4.52 Å². The minimum absolute atomic E-state index is 0.281. The SMILES string of the molecule is CCC1CCC(c2noc(C(C(C)C)C(C)NC)n2)CC1. The second-order valence-corrected chi connectivity index (χ2v) is 6.96. The zero-order valence-corrected chi connectivity index (χ0v) is 14.2. The third-order valence-electron chi connectivity index (χ3n) is 5.24. The smallest absolute Gasteiger partial charge is 0.231 e. The highest BCUT2D eigenvalue weighted by atomic mass is 16.5. The predicted octanol–water partition coefficient (Wildman–Crippen LogP) is 4.10. The first-order valence-corrected chi connectivity index (χ1v) is 8.57. The molecule has 1 aromatic heterocycles. The van der Waals surface area contributed by atoms with E-state index in [2.05, 4.69) is 38.2 Å². The lowest BCUT2D eigenvalue weighted by Gasteiger charge is -2.25. The Kier molecular flexibility index (Phi) is 5.80. The zero-order valence-electron chi connectivity index (χ0n) is 14.2. The summed E-state index contributed by atoms with van der Waals surface area (Å²) >= 11 is 0. The molecule has 1 saturated carbocycles. The van der Waals surface area contributed by atoms with Crippen LogP contribution in [-0.4, -0.2) is 23.2 Å². The molecule has 1 aliphatic carbocycles. The van der Waals surface area contributed by atoms with Crippen LogP contribution in [0.25, 0.3) is 0 Å². The summed E-state index contributed by atoms with van der Waals surface area (Å²) in [6.45, 7) is 8.91. The molecule has 1 aromatic rings. The summed E-state index contributed by atoms with van der Waals surface area (Å²) in [5.41, 5.74) is 0. The van der Waals surface area contributed by atoms with Crippen molar-refractivity contribution in [2.75, 3.05) is 7.05 Å². The number of likely N-dealkylation sites (N-methyl/N-ethyl adjacent to an activating group) is 1. The number of nitrogens with one attached hydrogen (secondary N) is 1. The molecule has 1 aliphatic rings. The highest BCUT2D eigenvalue weighted by Crippen LogP contribution is 2.36. The van der Waals surface area contributed by atoms with Crippen LogP contribution in [0, 0.1) is 11.8 Å². The van der Waals surface area contributed by atoms with Gasteiger partial charge in [0, 0.05) is 12.0 Å². The van der Waals surface area contributed by atoms with Gasteiger partial charge in [-0.05, 0) is 51.5 Å². The molecule has 0 saturated heterocycles. The average Bonchev–Trinajstić information content (AvgIpc) is 2.96. The van der Waals surface area contributed by atoms with Crippen molar-refractivity contribution in [1.82, 2.24) is 15.5 Å². The van der Waals surface area contributed by atoms with E-state index in [0.29, 0.717) is 17.9 Å². The quantitative estimate of drug-likeness (QED) is 0.858. The molecule has 4 heteroatoms. The summed E-state index contributed by atoms with van der Waals surface area (Å²) in [4.78, 5) is 4.76. The fraction of sp³-hybridized carbons (Fsp3) is 0.882. The maximum absolute atomic E-state index is 5.62. The number of hydrogen-bond acceptors (Lipinski definition) is 4. The lowest BCUT2D eigenvalue weighted by molar-refractivity contribution is 0.278. The largest absolute Gasteiger partial charge is 0.339 e. The topological polar surface area (TPSA) is 51.0 Å². The molecule has 2 rings (SSSR count). The van der Waals surface area contributed by atoms with Crippen molar-refractivity contribution < 1.29 is 4.52 Å². The second-order valence-electron chi connectivity index (χ2n) is 6.96. The molecule has 1 N–H and O–H groups in total.